The highest BCUT2D eigenvalue weighted by atomic mass is 32.2. The summed E-state index contributed by atoms with van der Waals surface area (Å²) in [5.74, 6) is -0.236. The summed E-state index contributed by atoms with van der Waals surface area (Å²) >= 11 is 0.998. The lowest BCUT2D eigenvalue weighted by molar-refractivity contribution is -0.123. The van der Waals surface area contributed by atoms with Crippen LogP contribution in [-0.2, 0) is 11.3 Å². The molecule has 0 N–H and O–H groups in total. The topological polar surface area (TPSA) is 40.6 Å². The molecule has 0 bridgehead atoms. The second-order valence-corrected chi connectivity index (χ2v) is 7.93. The van der Waals surface area contributed by atoms with E-state index in [1.165, 1.54) is 4.90 Å². The van der Waals surface area contributed by atoms with Crippen LogP contribution < -0.4 is 4.90 Å². The van der Waals surface area contributed by atoms with Crippen LogP contribution in [0.25, 0.3) is 16.8 Å². The van der Waals surface area contributed by atoms with E-state index in [-0.39, 0.29) is 17.7 Å². The van der Waals surface area contributed by atoms with E-state index in [9.17, 15) is 9.59 Å². The highest BCUT2D eigenvalue weighted by Crippen LogP contribution is 2.33. The van der Waals surface area contributed by atoms with Gasteiger partial charge in [-0.2, -0.15) is 0 Å². The molecule has 140 valence electrons. The zero-order chi connectivity index (χ0) is 19.7. The van der Waals surface area contributed by atoms with Crippen LogP contribution in [0, 0.1) is 0 Å². The minimum Gasteiger partial charge on any atom is -0.378 e. The van der Waals surface area contributed by atoms with Gasteiger partial charge < -0.3 is 4.90 Å². The number of benzene rings is 3. The van der Waals surface area contributed by atoms with Crippen molar-refractivity contribution >= 4 is 45.4 Å². The fourth-order valence-electron chi connectivity index (χ4n) is 3.18. The molecule has 1 heterocycles. The van der Waals surface area contributed by atoms with Crippen molar-refractivity contribution in [3.63, 3.8) is 0 Å². The first-order chi connectivity index (χ1) is 13.5. The van der Waals surface area contributed by atoms with Crippen molar-refractivity contribution in [3.8, 4) is 0 Å². The van der Waals surface area contributed by atoms with Crippen molar-refractivity contribution < 1.29 is 9.59 Å². The van der Waals surface area contributed by atoms with E-state index >= 15 is 0 Å². The Morgan fingerprint density at radius 2 is 1.64 bits per heavy atom. The first-order valence-electron chi connectivity index (χ1n) is 9.02. The molecular weight excluding hydrogens is 368 g/mol. The van der Waals surface area contributed by atoms with Crippen LogP contribution in [-0.4, -0.2) is 30.1 Å². The zero-order valence-electron chi connectivity index (χ0n) is 15.8. The van der Waals surface area contributed by atoms with Gasteiger partial charge in [-0.15, -0.1) is 0 Å². The average Bonchev–Trinajstić information content (AvgIpc) is 2.95. The van der Waals surface area contributed by atoms with Gasteiger partial charge in [-0.3, -0.25) is 14.5 Å². The predicted octanol–water partition coefficient (Wildman–Crippen LogP) is 5.14. The molecule has 4 rings (SSSR count). The van der Waals surface area contributed by atoms with Crippen LogP contribution in [0.5, 0.6) is 0 Å². The van der Waals surface area contributed by atoms with Crippen molar-refractivity contribution in [2.45, 2.75) is 6.54 Å². The zero-order valence-corrected chi connectivity index (χ0v) is 16.6. The Bertz CT molecular complexity index is 1090. The monoisotopic (exact) mass is 388 g/mol. The Morgan fingerprint density at radius 1 is 0.929 bits per heavy atom. The highest BCUT2D eigenvalue weighted by molar-refractivity contribution is 8.18. The van der Waals surface area contributed by atoms with Crippen LogP contribution in [0.4, 0.5) is 10.5 Å². The molecule has 0 aliphatic carbocycles. The molecular formula is C23H20N2O2S. The van der Waals surface area contributed by atoms with Crippen molar-refractivity contribution in [1.82, 2.24) is 4.90 Å². The Morgan fingerprint density at radius 3 is 2.36 bits per heavy atom. The maximum absolute atomic E-state index is 12.8. The third kappa shape index (κ3) is 3.66. The van der Waals surface area contributed by atoms with Gasteiger partial charge in [0.05, 0.1) is 11.4 Å². The Hall–Kier alpha value is -3.05. The third-order valence-electron chi connectivity index (χ3n) is 4.74. The van der Waals surface area contributed by atoms with Crippen LogP contribution in [0.15, 0.2) is 71.6 Å². The smallest absolute Gasteiger partial charge is 0.293 e. The van der Waals surface area contributed by atoms with Gasteiger partial charge >= 0.3 is 0 Å². The van der Waals surface area contributed by atoms with E-state index < -0.39 is 0 Å². The van der Waals surface area contributed by atoms with E-state index in [1.54, 1.807) is 6.08 Å². The summed E-state index contributed by atoms with van der Waals surface area (Å²) in [4.78, 5) is 29.0. The van der Waals surface area contributed by atoms with Crippen molar-refractivity contribution in [1.29, 1.82) is 0 Å². The summed E-state index contributed by atoms with van der Waals surface area (Å²) in [5, 5.41) is 2.01. The maximum Gasteiger partial charge on any atom is 0.293 e. The van der Waals surface area contributed by atoms with E-state index in [1.807, 2.05) is 85.7 Å². The van der Waals surface area contributed by atoms with Gasteiger partial charge in [-0.05, 0) is 57.9 Å². The van der Waals surface area contributed by atoms with Crippen LogP contribution in [0.3, 0.4) is 0 Å². The summed E-state index contributed by atoms with van der Waals surface area (Å²) in [7, 11) is 3.96. The molecule has 0 atom stereocenters. The molecule has 3 aromatic carbocycles. The van der Waals surface area contributed by atoms with Gasteiger partial charge in [0.1, 0.15) is 0 Å². The standard InChI is InChI=1S/C23H20N2O2S/c1-24(2)20-11-8-16(9-12-20)14-21-22(26)25(23(27)28-21)15-17-7-10-18-5-3-4-6-19(18)13-17/h3-14H,15H2,1-2H3/b21-14-. The number of imide groups is 1. The number of thioether (sulfide) groups is 1. The summed E-state index contributed by atoms with van der Waals surface area (Å²) < 4.78 is 0. The number of hydrogen-bond donors (Lipinski definition) is 0. The molecule has 0 unspecified atom stereocenters. The molecule has 0 spiro atoms. The lowest BCUT2D eigenvalue weighted by Crippen LogP contribution is -2.27. The Labute approximate surface area is 168 Å². The fraction of sp³-hybridized carbons (Fsp3) is 0.130. The largest absolute Gasteiger partial charge is 0.378 e. The molecule has 4 nitrogen and oxygen atoms in total. The first kappa shape index (κ1) is 18.3. The van der Waals surface area contributed by atoms with Crippen molar-refractivity contribution in [3.05, 3.63) is 82.8 Å². The SMILES string of the molecule is CN(C)c1ccc(/C=C2\SC(=O)N(Cc3ccc4ccccc4c3)C2=O)cc1. The lowest BCUT2D eigenvalue weighted by Gasteiger charge is -2.13. The van der Waals surface area contributed by atoms with Gasteiger partial charge in [0.25, 0.3) is 11.1 Å². The molecule has 0 aromatic heterocycles. The molecule has 1 aliphatic heterocycles. The molecule has 0 radical (unpaired) electrons. The number of amides is 2. The lowest BCUT2D eigenvalue weighted by atomic mass is 10.1. The van der Waals surface area contributed by atoms with E-state index in [4.69, 9.17) is 0 Å². The molecule has 3 aromatic rings. The normalized spacial score (nSPS) is 15.6. The molecule has 0 saturated carbocycles. The van der Waals surface area contributed by atoms with Gasteiger partial charge in [0.2, 0.25) is 0 Å². The van der Waals surface area contributed by atoms with E-state index in [2.05, 4.69) is 0 Å². The Kier molecular flexibility index (Phi) is 4.92. The van der Waals surface area contributed by atoms with Crippen LogP contribution >= 0.6 is 11.8 Å². The number of anilines is 1. The number of carbonyl (C=O) groups excluding carboxylic acids is 2. The molecule has 1 saturated heterocycles. The summed E-state index contributed by atoms with van der Waals surface area (Å²) in [5.41, 5.74) is 2.93. The number of rotatable bonds is 4. The maximum atomic E-state index is 12.8. The summed E-state index contributed by atoms with van der Waals surface area (Å²) in [6.45, 7) is 0.284. The number of carbonyl (C=O) groups is 2. The first-order valence-corrected chi connectivity index (χ1v) is 9.83. The van der Waals surface area contributed by atoms with Gasteiger partial charge in [0.15, 0.2) is 0 Å². The van der Waals surface area contributed by atoms with Gasteiger partial charge in [0, 0.05) is 19.8 Å². The van der Waals surface area contributed by atoms with Gasteiger partial charge in [-0.25, -0.2) is 0 Å². The Balaban J connectivity index is 1.54. The second kappa shape index (κ2) is 7.52. The number of nitrogens with zero attached hydrogens (tertiary/aromatic N) is 2. The van der Waals surface area contributed by atoms with E-state index in [0.717, 1.165) is 39.3 Å². The van der Waals surface area contributed by atoms with Crippen LogP contribution in [0.2, 0.25) is 0 Å². The molecule has 2 amide bonds. The minimum absolute atomic E-state index is 0.227. The van der Waals surface area contributed by atoms with Gasteiger partial charge in [-0.1, -0.05) is 48.5 Å². The summed E-state index contributed by atoms with van der Waals surface area (Å²) in [6.07, 6.45) is 1.78. The quantitative estimate of drug-likeness (QED) is 0.580. The van der Waals surface area contributed by atoms with Crippen molar-refractivity contribution in [2.24, 2.45) is 0 Å². The number of fused-ring (bicyclic) bond motifs is 1. The molecule has 28 heavy (non-hydrogen) atoms. The second-order valence-electron chi connectivity index (χ2n) is 6.94. The minimum atomic E-state index is -0.236. The number of hydrogen-bond acceptors (Lipinski definition) is 4. The third-order valence-corrected chi connectivity index (χ3v) is 5.64. The van der Waals surface area contributed by atoms with Crippen molar-refractivity contribution in [2.75, 3.05) is 19.0 Å². The summed E-state index contributed by atoms with van der Waals surface area (Å²) in [6, 6.07) is 22.0. The highest BCUT2D eigenvalue weighted by Gasteiger charge is 2.34. The van der Waals surface area contributed by atoms with E-state index in [0.29, 0.717) is 4.91 Å². The molecule has 1 fully saturated rings. The van der Waals surface area contributed by atoms with Crippen LogP contribution in [0.1, 0.15) is 11.1 Å². The average molecular weight is 388 g/mol. The molecule has 5 heteroatoms. The molecule has 1 aliphatic rings. The fourth-order valence-corrected chi connectivity index (χ4v) is 4.01. The predicted molar refractivity (Wildman–Crippen MR) is 116 cm³/mol.